The molecule has 0 saturated carbocycles. The molecule has 1 aliphatic heterocycles. The van der Waals surface area contributed by atoms with Crippen LogP contribution >= 0.6 is 0 Å². The van der Waals surface area contributed by atoms with Gasteiger partial charge < -0.3 is 9.85 Å². The molecule has 66 valence electrons. The summed E-state index contributed by atoms with van der Waals surface area (Å²) in [5.41, 5.74) is 0. The minimum atomic E-state index is 0.111. The largest absolute Gasteiger partial charge is 0.633 e. The van der Waals surface area contributed by atoms with E-state index in [1.165, 1.54) is 12.8 Å². The van der Waals surface area contributed by atoms with E-state index >= 15 is 0 Å². The predicted molar refractivity (Wildman–Crippen MR) is 47.0 cm³/mol. The van der Waals surface area contributed by atoms with Crippen molar-refractivity contribution >= 4 is 0 Å². The summed E-state index contributed by atoms with van der Waals surface area (Å²) in [6, 6.07) is 0. The maximum atomic E-state index is 11.7. The maximum Gasteiger partial charge on any atom is 0.0786 e. The molecule has 11 heavy (non-hydrogen) atoms. The molecule has 1 heterocycles. The Morgan fingerprint density at radius 3 is 2.36 bits per heavy atom. The van der Waals surface area contributed by atoms with Crippen molar-refractivity contribution in [2.45, 2.75) is 39.0 Å². The molecule has 0 radical (unpaired) electrons. The van der Waals surface area contributed by atoms with E-state index in [1.807, 2.05) is 0 Å². The highest BCUT2D eigenvalue weighted by molar-refractivity contribution is 4.54. The number of hydroxylamine groups is 3. The summed E-state index contributed by atoms with van der Waals surface area (Å²) in [5.74, 6) is 0. The van der Waals surface area contributed by atoms with Crippen molar-refractivity contribution in [2.75, 3.05) is 19.6 Å². The minimum absolute atomic E-state index is 0.111. The first-order valence-electron chi connectivity index (χ1n) is 4.84. The second-order valence-electron chi connectivity index (χ2n) is 3.64. The van der Waals surface area contributed by atoms with E-state index in [1.54, 1.807) is 0 Å². The molecule has 2 nitrogen and oxygen atoms in total. The Morgan fingerprint density at radius 1 is 1.18 bits per heavy atom. The standard InChI is InChI=1S/C9H19NO/c1-2-3-4-7-10(11)8-5-6-9-10/h2-9H2,1H3. The lowest BCUT2D eigenvalue weighted by Gasteiger charge is -2.38. The number of hydrogen-bond acceptors (Lipinski definition) is 1. The first-order chi connectivity index (χ1) is 5.27. The van der Waals surface area contributed by atoms with Gasteiger partial charge in [0.2, 0.25) is 0 Å². The van der Waals surface area contributed by atoms with Gasteiger partial charge in [-0.2, -0.15) is 0 Å². The van der Waals surface area contributed by atoms with Gasteiger partial charge in [0, 0.05) is 12.8 Å². The molecule has 2 heteroatoms. The molecule has 0 unspecified atom stereocenters. The van der Waals surface area contributed by atoms with Crippen LogP contribution in [-0.2, 0) is 0 Å². The monoisotopic (exact) mass is 157 g/mol. The molecule has 0 bridgehead atoms. The van der Waals surface area contributed by atoms with Crippen molar-refractivity contribution in [2.24, 2.45) is 0 Å². The van der Waals surface area contributed by atoms with Gasteiger partial charge in [0.15, 0.2) is 0 Å². The number of quaternary nitrogens is 1. The molecular weight excluding hydrogens is 138 g/mol. The van der Waals surface area contributed by atoms with Crippen molar-refractivity contribution < 1.29 is 4.65 Å². The van der Waals surface area contributed by atoms with Gasteiger partial charge in [0.05, 0.1) is 19.6 Å². The number of nitrogens with zero attached hydrogens (tertiary/aromatic N) is 1. The van der Waals surface area contributed by atoms with Crippen LogP contribution < -0.4 is 0 Å². The molecule has 0 aliphatic carbocycles. The van der Waals surface area contributed by atoms with Crippen LogP contribution in [0, 0.1) is 5.21 Å². The van der Waals surface area contributed by atoms with Gasteiger partial charge in [0.1, 0.15) is 0 Å². The van der Waals surface area contributed by atoms with Crippen LogP contribution in [0.25, 0.3) is 0 Å². The summed E-state index contributed by atoms with van der Waals surface area (Å²) in [5, 5.41) is 11.7. The summed E-state index contributed by atoms with van der Waals surface area (Å²) >= 11 is 0. The quantitative estimate of drug-likeness (QED) is 0.349. The van der Waals surface area contributed by atoms with Crippen LogP contribution in [0.3, 0.4) is 0 Å². The van der Waals surface area contributed by atoms with E-state index < -0.39 is 0 Å². The van der Waals surface area contributed by atoms with Crippen LogP contribution in [0.15, 0.2) is 0 Å². The van der Waals surface area contributed by atoms with Crippen molar-refractivity contribution in [3.8, 4) is 0 Å². The van der Waals surface area contributed by atoms with Crippen molar-refractivity contribution in [3.05, 3.63) is 5.21 Å². The molecular formula is C9H19NO. The summed E-state index contributed by atoms with van der Waals surface area (Å²) in [4.78, 5) is 0. The molecule has 0 atom stereocenters. The van der Waals surface area contributed by atoms with Gasteiger partial charge in [0.25, 0.3) is 0 Å². The van der Waals surface area contributed by atoms with Crippen LogP contribution in [0.2, 0.25) is 0 Å². The summed E-state index contributed by atoms with van der Waals surface area (Å²) in [7, 11) is 0. The summed E-state index contributed by atoms with van der Waals surface area (Å²) < 4.78 is 0.111. The second-order valence-corrected chi connectivity index (χ2v) is 3.64. The Labute approximate surface area is 69.4 Å². The molecule has 0 amide bonds. The van der Waals surface area contributed by atoms with Crippen molar-refractivity contribution in [1.82, 2.24) is 0 Å². The van der Waals surface area contributed by atoms with E-state index in [9.17, 15) is 5.21 Å². The summed E-state index contributed by atoms with van der Waals surface area (Å²) in [6.45, 7) is 4.81. The van der Waals surface area contributed by atoms with Crippen LogP contribution in [0.4, 0.5) is 0 Å². The van der Waals surface area contributed by atoms with E-state index in [0.717, 1.165) is 38.9 Å². The number of hydrogen-bond donors (Lipinski definition) is 0. The molecule has 0 aromatic carbocycles. The third-order valence-corrected chi connectivity index (χ3v) is 2.55. The first kappa shape index (κ1) is 9.01. The van der Waals surface area contributed by atoms with Gasteiger partial charge in [-0.3, -0.25) is 0 Å². The predicted octanol–water partition coefficient (Wildman–Crippen LogP) is 2.29. The zero-order valence-corrected chi connectivity index (χ0v) is 7.51. The zero-order chi connectivity index (χ0) is 8.16. The van der Waals surface area contributed by atoms with Gasteiger partial charge in [-0.05, 0) is 12.8 Å². The molecule has 1 aliphatic rings. The molecule has 0 N–H and O–H groups in total. The lowest BCUT2D eigenvalue weighted by Crippen LogP contribution is -2.39. The van der Waals surface area contributed by atoms with Gasteiger partial charge >= 0.3 is 0 Å². The number of rotatable bonds is 4. The topological polar surface area (TPSA) is 23.1 Å². The third-order valence-electron chi connectivity index (χ3n) is 2.55. The number of unbranched alkanes of at least 4 members (excludes halogenated alkanes) is 2. The second kappa shape index (κ2) is 4.07. The number of likely N-dealkylation sites (tertiary alicyclic amines) is 1. The van der Waals surface area contributed by atoms with Crippen molar-refractivity contribution in [3.63, 3.8) is 0 Å². The Morgan fingerprint density at radius 2 is 1.82 bits per heavy atom. The van der Waals surface area contributed by atoms with Crippen LogP contribution in [-0.4, -0.2) is 24.3 Å². The van der Waals surface area contributed by atoms with Crippen molar-refractivity contribution in [1.29, 1.82) is 0 Å². The smallest absolute Gasteiger partial charge is 0.0786 e. The Bertz CT molecular complexity index is 108. The fourth-order valence-corrected chi connectivity index (χ4v) is 1.79. The molecule has 0 spiro atoms. The highest BCUT2D eigenvalue weighted by Gasteiger charge is 2.21. The third kappa shape index (κ3) is 2.80. The highest BCUT2D eigenvalue weighted by atomic mass is 16.5. The SMILES string of the molecule is CCCCC[N+]1([O-])CCCC1. The molecule has 1 rings (SSSR count). The maximum absolute atomic E-state index is 11.7. The first-order valence-corrected chi connectivity index (χ1v) is 4.84. The van der Waals surface area contributed by atoms with E-state index in [-0.39, 0.29) is 4.65 Å². The van der Waals surface area contributed by atoms with Gasteiger partial charge in [-0.1, -0.05) is 13.3 Å². The lowest BCUT2D eigenvalue weighted by molar-refractivity contribution is -0.868. The molecule has 0 aromatic heterocycles. The Balaban J connectivity index is 2.13. The van der Waals surface area contributed by atoms with Crippen LogP contribution in [0.5, 0.6) is 0 Å². The molecule has 1 saturated heterocycles. The molecule has 1 fully saturated rings. The zero-order valence-electron chi connectivity index (χ0n) is 7.51. The fraction of sp³-hybridized carbons (Fsp3) is 1.00. The normalized spacial score (nSPS) is 22.4. The minimum Gasteiger partial charge on any atom is -0.633 e. The van der Waals surface area contributed by atoms with Gasteiger partial charge in [-0.25, -0.2) is 0 Å². The fourth-order valence-electron chi connectivity index (χ4n) is 1.79. The Hall–Kier alpha value is -0.0800. The summed E-state index contributed by atoms with van der Waals surface area (Å²) in [6.07, 6.45) is 5.87. The van der Waals surface area contributed by atoms with Crippen LogP contribution in [0.1, 0.15) is 39.0 Å². The van der Waals surface area contributed by atoms with E-state index in [0.29, 0.717) is 0 Å². The average molecular weight is 157 g/mol. The molecule has 0 aromatic rings. The van der Waals surface area contributed by atoms with E-state index in [4.69, 9.17) is 0 Å². The lowest BCUT2D eigenvalue weighted by atomic mass is 10.2. The Kier molecular flexibility index (Phi) is 3.34. The van der Waals surface area contributed by atoms with E-state index in [2.05, 4.69) is 6.92 Å². The van der Waals surface area contributed by atoms with Gasteiger partial charge in [-0.15, -0.1) is 0 Å². The highest BCUT2D eigenvalue weighted by Crippen LogP contribution is 2.18. The average Bonchev–Trinajstić information content (AvgIpc) is 2.38.